The first kappa shape index (κ1) is 9.15. The summed E-state index contributed by atoms with van der Waals surface area (Å²) >= 11 is 4.90. The molecule has 4 heteroatoms. The number of carbonyl (C=O) groups excluding carboxylic acids is 1. The molecule has 0 spiro atoms. The first-order chi connectivity index (χ1) is 6.63. The summed E-state index contributed by atoms with van der Waals surface area (Å²) in [6.45, 7) is 1.82. The van der Waals surface area contributed by atoms with Crippen LogP contribution in [-0.4, -0.2) is 11.0 Å². The van der Waals surface area contributed by atoms with Crippen LogP contribution in [0.15, 0.2) is 30.3 Å². The van der Waals surface area contributed by atoms with E-state index in [0.717, 1.165) is 5.56 Å². The number of carbonyl (C=O) groups is 1. The maximum absolute atomic E-state index is 11.6. The lowest BCUT2D eigenvalue weighted by Gasteiger charge is -2.21. The third-order valence-electron chi connectivity index (χ3n) is 2.40. The number of rotatable bonds is 1. The number of thiocarbonyl (C=S) groups is 1. The van der Waals surface area contributed by atoms with Crippen LogP contribution in [0.5, 0.6) is 0 Å². The van der Waals surface area contributed by atoms with Gasteiger partial charge in [-0.1, -0.05) is 30.3 Å². The fourth-order valence-electron chi connectivity index (χ4n) is 1.52. The van der Waals surface area contributed by atoms with Crippen molar-refractivity contribution in [3.8, 4) is 0 Å². The molecule has 2 N–H and O–H groups in total. The second-order valence-electron chi connectivity index (χ2n) is 3.40. The fraction of sp³-hybridized carbons (Fsp3) is 0.200. The molecule has 1 saturated heterocycles. The summed E-state index contributed by atoms with van der Waals surface area (Å²) in [4.78, 5) is 11.6. The summed E-state index contributed by atoms with van der Waals surface area (Å²) in [6.07, 6.45) is 0. The van der Waals surface area contributed by atoms with Crippen LogP contribution in [0.4, 0.5) is 0 Å². The van der Waals surface area contributed by atoms with Crippen molar-refractivity contribution in [1.29, 1.82) is 0 Å². The van der Waals surface area contributed by atoms with Gasteiger partial charge in [-0.15, -0.1) is 0 Å². The van der Waals surface area contributed by atoms with Gasteiger partial charge in [-0.2, -0.15) is 0 Å². The van der Waals surface area contributed by atoms with Crippen LogP contribution in [-0.2, 0) is 10.3 Å². The van der Waals surface area contributed by atoms with Gasteiger partial charge in [0, 0.05) is 0 Å². The Morgan fingerprint density at radius 2 is 1.93 bits per heavy atom. The minimum atomic E-state index is -0.724. The largest absolute Gasteiger partial charge is 0.345 e. The number of nitrogens with one attached hydrogen (secondary N) is 2. The number of hydrogen-bond donors (Lipinski definition) is 2. The second-order valence-corrected chi connectivity index (χ2v) is 3.81. The molecule has 1 amide bonds. The lowest BCUT2D eigenvalue weighted by molar-refractivity contribution is -0.123. The lowest BCUT2D eigenvalue weighted by Crippen LogP contribution is -2.40. The van der Waals surface area contributed by atoms with Gasteiger partial charge in [0.25, 0.3) is 5.91 Å². The zero-order chi connectivity index (χ0) is 10.2. The minimum Gasteiger partial charge on any atom is -0.345 e. The van der Waals surface area contributed by atoms with Gasteiger partial charge in [0.1, 0.15) is 5.54 Å². The van der Waals surface area contributed by atoms with Gasteiger partial charge in [0.2, 0.25) is 0 Å². The highest BCUT2D eigenvalue weighted by molar-refractivity contribution is 7.80. The zero-order valence-corrected chi connectivity index (χ0v) is 8.52. The van der Waals surface area contributed by atoms with Crippen molar-refractivity contribution in [2.45, 2.75) is 12.5 Å². The van der Waals surface area contributed by atoms with E-state index in [-0.39, 0.29) is 5.91 Å². The quantitative estimate of drug-likeness (QED) is 0.671. The first-order valence-corrected chi connectivity index (χ1v) is 4.73. The summed E-state index contributed by atoms with van der Waals surface area (Å²) in [5.41, 5.74) is 0.190. The van der Waals surface area contributed by atoms with Crippen LogP contribution in [0.25, 0.3) is 0 Å². The third kappa shape index (κ3) is 1.28. The van der Waals surface area contributed by atoms with Crippen LogP contribution in [0.3, 0.4) is 0 Å². The molecule has 0 aromatic heterocycles. The average molecular weight is 206 g/mol. The fourth-order valence-corrected chi connectivity index (χ4v) is 1.81. The molecule has 1 atom stereocenters. The Labute approximate surface area is 87.5 Å². The van der Waals surface area contributed by atoms with Gasteiger partial charge in [0.05, 0.1) is 0 Å². The zero-order valence-electron chi connectivity index (χ0n) is 7.70. The molecule has 0 saturated carbocycles. The van der Waals surface area contributed by atoms with E-state index in [9.17, 15) is 4.79 Å². The molecule has 3 nitrogen and oxygen atoms in total. The number of benzene rings is 1. The molecular formula is C10H10N2OS. The normalized spacial score (nSPS) is 25.8. The molecule has 2 rings (SSSR count). The van der Waals surface area contributed by atoms with Crippen molar-refractivity contribution in [3.05, 3.63) is 35.9 Å². The van der Waals surface area contributed by atoms with E-state index in [0.29, 0.717) is 5.11 Å². The Hall–Kier alpha value is -1.42. The Morgan fingerprint density at radius 1 is 1.29 bits per heavy atom. The van der Waals surface area contributed by atoms with Gasteiger partial charge >= 0.3 is 0 Å². The van der Waals surface area contributed by atoms with Crippen LogP contribution in [0.1, 0.15) is 12.5 Å². The topological polar surface area (TPSA) is 41.1 Å². The van der Waals surface area contributed by atoms with Crippen LogP contribution >= 0.6 is 12.2 Å². The Kier molecular flexibility index (Phi) is 2.00. The van der Waals surface area contributed by atoms with E-state index in [4.69, 9.17) is 12.2 Å². The molecule has 1 aliphatic heterocycles. The standard InChI is InChI=1S/C10H10N2OS/c1-10(7-5-3-2-4-6-7)8(13)11-9(14)12-10/h2-6H,1H3,(H2,11,12,13,14)/t10-/m1/s1. The SMILES string of the molecule is C[C@]1(c2ccccc2)NC(=S)NC1=O. The average Bonchev–Trinajstić information content (AvgIpc) is 2.43. The van der Waals surface area contributed by atoms with Crippen LogP contribution < -0.4 is 10.6 Å². The number of hydrogen-bond acceptors (Lipinski definition) is 2. The van der Waals surface area contributed by atoms with Crippen molar-refractivity contribution in [1.82, 2.24) is 10.6 Å². The van der Waals surface area contributed by atoms with Gasteiger partial charge in [-0.3, -0.25) is 4.79 Å². The maximum Gasteiger partial charge on any atom is 0.256 e. The molecule has 1 aromatic rings. The van der Waals surface area contributed by atoms with Gasteiger partial charge < -0.3 is 10.6 Å². The van der Waals surface area contributed by atoms with Crippen LogP contribution in [0, 0.1) is 0 Å². The van der Waals surface area contributed by atoms with Crippen molar-refractivity contribution in [2.75, 3.05) is 0 Å². The molecule has 0 bridgehead atoms. The van der Waals surface area contributed by atoms with E-state index < -0.39 is 5.54 Å². The first-order valence-electron chi connectivity index (χ1n) is 4.32. The van der Waals surface area contributed by atoms with Gasteiger partial charge in [-0.05, 0) is 24.7 Å². The summed E-state index contributed by atoms with van der Waals surface area (Å²) < 4.78 is 0. The highest BCUT2D eigenvalue weighted by Crippen LogP contribution is 2.23. The predicted molar refractivity (Wildman–Crippen MR) is 57.7 cm³/mol. The van der Waals surface area contributed by atoms with Crippen molar-refractivity contribution >= 4 is 23.2 Å². The second kappa shape index (κ2) is 3.06. The summed E-state index contributed by atoms with van der Waals surface area (Å²) in [7, 11) is 0. The van der Waals surface area contributed by atoms with E-state index in [1.807, 2.05) is 37.3 Å². The van der Waals surface area contributed by atoms with Crippen molar-refractivity contribution in [3.63, 3.8) is 0 Å². The molecule has 0 unspecified atom stereocenters. The van der Waals surface area contributed by atoms with E-state index >= 15 is 0 Å². The lowest BCUT2D eigenvalue weighted by atomic mass is 9.92. The molecule has 1 heterocycles. The monoisotopic (exact) mass is 206 g/mol. The summed E-state index contributed by atoms with van der Waals surface area (Å²) in [6, 6.07) is 9.52. The highest BCUT2D eigenvalue weighted by Gasteiger charge is 2.41. The van der Waals surface area contributed by atoms with Crippen LogP contribution in [0.2, 0.25) is 0 Å². The van der Waals surface area contributed by atoms with Gasteiger partial charge in [0.15, 0.2) is 5.11 Å². The molecular weight excluding hydrogens is 196 g/mol. The molecule has 0 aliphatic carbocycles. The van der Waals surface area contributed by atoms with Crippen molar-refractivity contribution < 1.29 is 4.79 Å². The predicted octanol–water partition coefficient (Wildman–Crippen LogP) is 0.906. The third-order valence-corrected chi connectivity index (χ3v) is 2.60. The molecule has 72 valence electrons. The summed E-state index contributed by atoms with van der Waals surface area (Å²) in [5.74, 6) is -0.103. The van der Waals surface area contributed by atoms with E-state index in [1.54, 1.807) is 0 Å². The Bertz CT molecular complexity index is 390. The molecule has 1 aromatic carbocycles. The minimum absolute atomic E-state index is 0.103. The van der Waals surface area contributed by atoms with E-state index in [1.165, 1.54) is 0 Å². The van der Waals surface area contributed by atoms with E-state index in [2.05, 4.69) is 10.6 Å². The molecule has 1 aliphatic rings. The maximum atomic E-state index is 11.6. The van der Waals surface area contributed by atoms with Crippen molar-refractivity contribution in [2.24, 2.45) is 0 Å². The molecule has 1 fully saturated rings. The number of amides is 1. The summed E-state index contributed by atoms with van der Waals surface area (Å²) in [5, 5.41) is 5.94. The Balaban J connectivity index is 2.43. The molecule has 14 heavy (non-hydrogen) atoms. The molecule has 0 radical (unpaired) electrons. The smallest absolute Gasteiger partial charge is 0.256 e. The van der Waals surface area contributed by atoms with Gasteiger partial charge in [-0.25, -0.2) is 0 Å². The Morgan fingerprint density at radius 3 is 2.43 bits per heavy atom. The highest BCUT2D eigenvalue weighted by atomic mass is 32.1.